The van der Waals surface area contributed by atoms with E-state index in [-0.39, 0.29) is 23.7 Å². The number of likely N-dealkylation sites (N-methyl/N-ethyl adjacent to an activating group) is 1. The van der Waals surface area contributed by atoms with Gasteiger partial charge in [0.05, 0.1) is 12.1 Å². The van der Waals surface area contributed by atoms with Gasteiger partial charge in [0.15, 0.2) is 11.6 Å². The standard InChI is InChI=1S/C19H28N6O2/c1-5-6-7-8-22-17-19(27)25(12(2)11-23-17)18-15(20)9-14(13(3)24-18)10-16(26)21-4/h9,11H,5-8,10,20H2,1-4H3,(H,21,26)(H,22,23). The maximum atomic E-state index is 12.9. The SMILES string of the molecule is CCCCCNc1ncc(C)n(-c2nc(C)c(CC(=O)NC)cc2N)c1=O. The van der Waals surface area contributed by atoms with Crippen molar-refractivity contribution in [1.29, 1.82) is 0 Å². The number of rotatable bonds is 8. The van der Waals surface area contributed by atoms with Crippen LogP contribution in [0.2, 0.25) is 0 Å². The molecule has 0 aliphatic rings. The molecule has 0 fully saturated rings. The minimum absolute atomic E-state index is 0.122. The number of anilines is 2. The van der Waals surface area contributed by atoms with Crippen molar-refractivity contribution in [3.63, 3.8) is 0 Å². The first-order chi connectivity index (χ1) is 12.9. The van der Waals surface area contributed by atoms with Gasteiger partial charge in [0.25, 0.3) is 5.56 Å². The Morgan fingerprint density at radius 3 is 2.70 bits per heavy atom. The van der Waals surface area contributed by atoms with Gasteiger partial charge in [0, 0.05) is 31.2 Å². The third-order valence-corrected chi connectivity index (χ3v) is 4.38. The first kappa shape index (κ1) is 20.4. The highest BCUT2D eigenvalue weighted by atomic mass is 16.1. The fourth-order valence-electron chi connectivity index (χ4n) is 2.77. The van der Waals surface area contributed by atoms with Gasteiger partial charge in [0.2, 0.25) is 5.91 Å². The molecule has 2 aromatic rings. The Morgan fingerprint density at radius 1 is 1.30 bits per heavy atom. The molecule has 1 amide bonds. The third kappa shape index (κ3) is 4.84. The van der Waals surface area contributed by atoms with E-state index in [2.05, 4.69) is 27.5 Å². The zero-order valence-electron chi connectivity index (χ0n) is 16.4. The van der Waals surface area contributed by atoms with Gasteiger partial charge in [0.1, 0.15) is 0 Å². The average Bonchev–Trinajstić information content (AvgIpc) is 2.64. The molecule has 8 heteroatoms. The molecule has 146 valence electrons. The van der Waals surface area contributed by atoms with E-state index in [1.165, 1.54) is 4.57 Å². The molecule has 0 bridgehead atoms. The Morgan fingerprint density at radius 2 is 2.04 bits per heavy atom. The summed E-state index contributed by atoms with van der Waals surface area (Å²) in [5, 5.41) is 5.68. The number of unbranched alkanes of at least 4 members (excludes halogenated alkanes) is 2. The summed E-state index contributed by atoms with van der Waals surface area (Å²) in [5.41, 5.74) is 8.25. The lowest BCUT2D eigenvalue weighted by Crippen LogP contribution is -2.27. The first-order valence-corrected chi connectivity index (χ1v) is 9.18. The predicted molar refractivity (Wildman–Crippen MR) is 107 cm³/mol. The lowest BCUT2D eigenvalue weighted by Gasteiger charge is -2.15. The number of carbonyl (C=O) groups excluding carboxylic acids is 1. The molecule has 0 radical (unpaired) electrons. The first-order valence-electron chi connectivity index (χ1n) is 9.18. The molecule has 2 aromatic heterocycles. The van der Waals surface area contributed by atoms with Crippen LogP contribution in [0.4, 0.5) is 11.5 Å². The van der Waals surface area contributed by atoms with Gasteiger partial charge in [-0.2, -0.15) is 0 Å². The summed E-state index contributed by atoms with van der Waals surface area (Å²) in [6.07, 6.45) is 4.98. The summed E-state index contributed by atoms with van der Waals surface area (Å²) in [5.74, 6) is 0.516. The molecule has 0 atom stereocenters. The average molecular weight is 372 g/mol. The Bertz CT molecular complexity index is 875. The number of aryl methyl sites for hydroxylation is 2. The summed E-state index contributed by atoms with van der Waals surface area (Å²) < 4.78 is 1.46. The highest BCUT2D eigenvalue weighted by molar-refractivity contribution is 5.79. The number of hydrogen-bond acceptors (Lipinski definition) is 6. The van der Waals surface area contributed by atoms with Crippen LogP contribution in [0.15, 0.2) is 17.1 Å². The van der Waals surface area contributed by atoms with Gasteiger partial charge in [-0.25, -0.2) is 9.97 Å². The molecule has 27 heavy (non-hydrogen) atoms. The fraction of sp³-hybridized carbons (Fsp3) is 0.474. The number of hydrogen-bond donors (Lipinski definition) is 3. The van der Waals surface area contributed by atoms with Crippen molar-refractivity contribution in [2.75, 3.05) is 24.6 Å². The van der Waals surface area contributed by atoms with E-state index in [9.17, 15) is 9.59 Å². The van der Waals surface area contributed by atoms with E-state index in [0.717, 1.165) is 24.8 Å². The van der Waals surface area contributed by atoms with Crippen LogP contribution >= 0.6 is 0 Å². The van der Waals surface area contributed by atoms with Crippen molar-refractivity contribution < 1.29 is 4.79 Å². The van der Waals surface area contributed by atoms with Gasteiger partial charge in [-0.1, -0.05) is 19.8 Å². The molecule has 8 nitrogen and oxygen atoms in total. The summed E-state index contributed by atoms with van der Waals surface area (Å²) in [7, 11) is 1.58. The monoisotopic (exact) mass is 372 g/mol. The molecular formula is C19H28N6O2. The van der Waals surface area contributed by atoms with Crippen LogP contribution in [0.25, 0.3) is 5.82 Å². The lowest BCUT2D eigenvalue weighted by molar-refractivity contribution is -0.119. The van der Waals surface area contributed by atoms with Gasteiger partial charge in [-0.3, -0.25) is 14.2 Å². The molecule has 0 unspecified atom stereocenters. The number of nitrogens with zero attached hydrogens (tertiary/aromatic N) is 3. The minimum Gasteiger partial charge on any atom is -0.396 e. The number of carbonyl (C=O) groups is 1. The number of nitrogens with one attached hydrogen (secondary N) is 2. The van der Waals surface area contributed by atoms with E-state index in [0.29, 0.717) is 29.4 Å². The summed E-state index contributed by atoms with van der Waals surface area (Å²) in [4.78, 5) is 33.3. The second-order valence-corrected chi connectivity index (χ2v) is 6.52. The maximum Gasteiger partial charge on any atom is 0.299 e. The van der Waals surface area contributed by atoms with Gasteiger partial charge in [-0.05, 0) is 31.9 Å². The molecule has 0 aliphatic carbocycles. The molecule has 0 aliphatic heterocycles. The largest absolute Gasteiger partial charge is 0.396 e. The lowest BCUT2D eigenvalue weighted by atomic mass is 10.1. The molecule has 4 N–H and O–H groups in total. The Hall–Kier alpha value is -2.90. The van der Waals surface area contributed by atoms with Crippen LogP contribution in [-0.2, 0) is 11.2 Å². The topological polar surface area (TPSA) is 115 Å². The smallest absolute Gasteiger partial charge is 0.299 e. The number of nitrogens with two attached hydrogens (primary N) is 1. The zero-order chi connectivity index (χ0) is 20.0. The maximum absolute atomic E-state index is 12.9. The van der Waals surface area contributed by atoms with Crippen molar-refractivity contribution in [2.24, 2.45) is 0 Å². The Labute approximate surface area is 159 Å². The normalized spacial score (nSPS) is 10.7. The van der Waals surface area contributed by atoms with Crippen LogP contribution in [-0.4, -0.2) is 34.0 Å². The second kappa shape index (κ2) is 9.16. The van der Waals surface area contributed by atoms with Crippen molar-refractivity contribution in [1.82, 2.24) is 19.9 Å². The number of amides is 1. The molecule has 0 spiro atoms. The van der Waals surface area contributed by atoms with Crippen molar-refractivity contribution in [3.8, 4) is 5.82 Å². The highest BCUT2D eigenvalue weighted by Gasteiger charge is 2.16. The quantitative estimate of drug-likeness (QED) is 0.608. The van der Waals surface area contributed by atoms with Crippen LogP contribution in [0, 0.1) is 13.8 Å². The van der Waals surface area contributed by atoms with E-state index in [1.54, 1.807) is 33.2 Å². The molecule has 0 aromatic carbocycles. The van der Waals surface area contributed by atoms with E-state index in [4.69, 9.17) is 5.73 Å². The number of pyridine rings is 1. The second-order valence-electron chi connectivity index (χ2n) is 6.52. The van der Waals surface area contributed by atoms with Gasteiger partial charge < -0.3 is 16.4 Å². The molecule has 2 rings (SSSR count). The van der Waals surface area contributed by atoms with Crippen molar-refractivity contribution in [2.45, 2.75) is 46.5 Å². The van der Waals surface area contributed by atoms with Gasteiger partial charge >= 0.3 is 0 Å². The minimum atomic E-state index is -0.288. The van der Waals surface area contributed by atoms with E-state index in [1.807, 2.05) is 0 Å². The molecular weight excluding hydrogens is 344 g/mol. The molecule has 2 heterocycles. The zero-order valence-corrected chi connectivity index (χ0v) is 16.4. The van der Waals surface area contributed by atoms with Crippen LogP contribution in [0.5, 0.6) is 0 Å². The number of nitrogen functional groups attached to an aromatic ring is 1. The predicted octanol–water partition coefficient (Wildman–Crippen LogP) is 1.72. The molecule has 0 saturated carbocycles. The third-order valence-electron chi connectivity index (χ3n) is 4.38. The van der Waals surface area contributed by atoms with Crippen molar-refractivity contribution in [3.05, 3.63) is 39.6 Å². The van der Waals surface area contributed by atoms with Crippen LogP contribution < -0.4 is 21.9 Å². The summed E-state index contributed by atoms with van der Waals surface area (Å²) >= 11 is 0. The molecule has 0 saturated heterocycles. The van der Waals surface area contributed by atoms with E-state index >= 15 is 0 Å². The number of aromatic nitrogens is 3. The summed E-state index contributed by atoms with van der Waals surface area (Å²) in [6.45, 7) is 6.39. The Balaban J connectivity index is 2.41. The van der Waals surface area contributed by atoms with E-state index < -0.39 is 0 Å². The van der Waals surface area contributed by atoms with Gasteiger partial charge in [-0.15, -0.1) is 0 Å². The van der Waals surface area contributed by atoms with Crippen LogP contribution in [0.3, 0.4) is 0 Å². The van der Waals surface area contributed by atoms with Crippen molar-refractivity contribution >= 4 is 17.4 Å². The Kier molecular flexibility index (Phi) is 6.92. The van der Waals surface area contributed by atoms with Crippen LogP contribution in [0.1, 0.15) is 43.1 Å². The highest BCUT2D eigenvalue weighted by Crippen LogP contribution is 2.20. The fourth-order valence-corrected chi connectivity index (χ4v) is 2.77. The summed E-state index contributed by atoms with van der Waals surface area (Å²) in [6, 6.07) is 1.70.